The van der Waals surface area contributed by atoms with Gasteiger partial charge in [-0.05, 0) is 18.2 Å². The average Bonchev–Trinajstić information content (AvgIpc) is 3.30. The molecule has 0 spiro atoms. The third kappa shape index (κ3) is 9.70. The highest BCUT2D eigenvalue weighted by molar-refractivity contribution is 7.80. The summed E-state index contributed by atoms with van der Waals surface area (Å²) in [5, 5.41) is 76.7. The van der Waals surface area contributed by atoms with Gasteiger partial charge in [0, 0.05) is 19.0 Å². The number of anilines is 1. The van der Waals surface area contributed by atoms with Crippen LogP contribution >= 0.6 is 20.2 Å². The SMILES string of the molecule is Nc1ccn(C2OC(COP(=O)(O)C[C@@]3(C(=O)O)C[C@@H](O)C(NC(=O)CNC(=O)CCCS)C(C(O)[C@H](O)CO)O3)C(O)C2O)c(=O)n1. The number of aliphatic hydroxyl groups excluding tert-OH is 6. The molecular formula is C25H40N5O16PS. The monoisotopic (exact) mass is 729 g/mol. The highest BCUT2D eigenvalue weighted by Gasteiger charge is 2.57. The van der Waals surface area contributed by atoms with E-state index in [9.17, 15) is 64.4 Å². The molecule has 0 saturated carbocycles. The molecule has 11 atom stereocenters. The Hall–Kier alpha value is -2.73. The fourth-order valence-corrected chi connectivity index (χ4v) is 6.79. The van der Waals surface area contributed by atoms with Gasteiger partial charge in [-0.15, -0.1) is 0 Å². The van der Waals surface area contributed by atoms with Gasteiger partial charge in [0.1, 0.15) is 42.4 Å². The number of carbonyl (C=O) groups excluding carboxylic acids is 2. The van der Waals surface area contributed by atoms with E-state index in [1.807, 2.05) is 0 Å². The topological polar surface area (TPSA) is 343 Å². The molecule has 2 aliphatic heterocycles. The zero-order chi connectivity index (χ0) is 36.0. The molecule has 272 valence electrons. The number of hydrogen-bond donors (Lipinski definition) is 12. The number of amides is 2. The van der Waals surface area contributed by atoms with Crippen LogP contribution in [-0.4, -0.2) is 154 Å². The number of nitrogen functional groups attached to an aromatic ring is 1. The summed E-state index contributed by atoms with van der Waals surface area (Å²) in [7, 11) is -5.10. The first-order chi connectivity index (χ1) is 22.4. The molecule has 2 saturated heterocycles. The third-order valence-electron chi connectivity index (χ3n) is 7.67. The second-order valence-corrected chi connectivity index (χ2v) is 13.6. The number of ether oxygens (including phenoxy) is 2. The summed E-state index contributed by atoms with van der Waals surface area (Å²) in [5.74, 6) is -3.04. The van der Waals surface area contributed by atoms with Gasteiger partial charge in [0.15, 0.2) is 11.8 Å². The van der Waals surface area contributed by atoms with Crippen LogP contribution in [0.15, 0.2) is 17.1 Å². The maximum atomic E-state index is 13.2. The van der Waals surface area contributed by atoms with Gasteiger partial charge >= 0.3 is 19.3 Å². The number of nitrogens with one attached hydrogen (secondary N) is 2. The van der Waals surface area contributed by atoms with Gasteiger partial charge in [-0.1, -0.05) is 0 Å². The van der Waals surface area contributed by atoms with Crippen LogP contribution in [0.4, 0.5) is 5.82 Å². The molecule has 8 unspecified atom stereocenters. The Labute approximate surface area is 277 Å². The Kier molecular flexibility index (Phi) is 13.9. The van der Waals surface area contributed by atoms with Crippen LogP contribution in [0.5, 0.6) is 0 Å². The van der Waals surface area contributed by atoms with Crippen LogP contribution in [-0.2, 0) is 32.9 Å². The molecule has 0 aromatic carbocycles. The quantitative estimate of drug-likeness (QED) is 0.0558. The van der Waals surface area contributed by atoms with Crippen molar-refractivity contribution in [2.45, 2.75) is 79.9 Å². The largest absolute Gasteiger partial charge is 0.479 e. The van der Waals surface area contributed by atoms with Gasteiger partial charge in [0.25, 0.3) is 0 Å². The number of rotatable bonds is 16. The Morgan fingerprint density at radius 3 is 2.52 bits per heavy atom. The molecule has 1 aromatic heterocycles. The van der Waals surface area contributed by atoms with E-state index in [0.29, 0.717) is 12.2 Å². The first-order valence-electron chi connectivity index (χ1n) is 14.5. The second-order valence-electron chi connectivity index (χ2n) is 11.3. The van der Waals surface area contributed by atoms with Crippen molar-refractivity contribution in [1.29, 1.82) is 0 Å². The van der Waals surface area contributed by atoms with Crippen molar-refractivity contribution in [2.75, 3.05) is 37.4 Å². The standard InChI is InChI=1S/C25H40N5O16PS/c26-14-3-4-30(24(41)28-14)22-20(38)19(37)13(45-22)9-44-47(42,43)10-25(23(39)40)6-11(32)17(21(46-25)18(36)12(33)8-31)29-16(35)7-27-15(34)2-1-5-48/h3-4,11-13,17-22,31-33,36-38,48H,1-2,5-10H2,(H,27,34)(H,29,35)(H,39,40)(H,42,43)(H2,26,28,41)/t11-,12-,13?,17?,18?,19?,20?,21?,22?,25-/m1/s1. The number of nitrogens with two attached hydrogens (primary N) is 1. The second kappa shape index (κ2) is 16.8. The summed E-state index contributed by atoms with van der Waals surface area (Å²) in [6, 6.07) is -0.440. The predicted molar refractivity (Wildman–Crippen MR) is 162 cm³/mol. The van der Waals surface area contributed by atoms with Gasteiger partial charge in [0.2, 0.25) is 11.8 Å². The molecule has 2 amide bonds. The Morgan fingerprint density at radius 2 is 1.92 bits per heavy atom. The fraction of sp³-hybridized carbons (Fsp3) is 0.720. The van der Waals surface area contributed by atoms with E-state index in [4.69, 9.17) is 19.7 Å². The van der Waals surface area contributed by atoms with E-state index in [1.54, 1.807) is 0 Å². The Morgan fingerprint density at radius 1 is 1.23 bits per heavy atom. The first kappa shape index (κ1) is 39.7. The van der Waals surface area contributed by atoms with Gasteiger partial charge in [-0.25, -0.2) is 9.59 Å². The molecular weight excluding hydrogens is 689 g/mol. The van der Waals surface area contributed by atoms with Crippen molar-refractivity contribution in [3.05, 3.63) is 22.7 Å². The third-order valence-corrected chi connectivity index (χ3v) is 9.45. The summed E-state index contributed by atoms with van der Waals surface area (Å²) in [6.07, 6.45) is -15.3. The lowest BCUT2D eigenvalue weighted by Crippen LogP contribution is -2.68. The molecule has 21 nitrogen and oxygen atoms in total. The summed E-state index contributed by atoms with van der Waals surface area (Å²) >= 11 is 3.98. The van der Waals surface area contributed by atoms with E-state index in [-0.39, 0.29) is 12.2 Å². The van der Waals surface area contributed by atoms with Crippen LogP contribution in [0.25, 0.3) is 0 Å². The molecule has 3 rings (SSSR count). The van der Waals surface area contributed by atoms with Crippen molar-refractivity contribution in [2.24, 2.45) is 0 Å². The molecule has 0 aliphatic carbocycles. The van der Waals surface area contributed by atoms with E-state index in [1.165, 1.54) is 6.07 Å². The number of nitrogens with zero attached hydrogens (tertiary/aromatic N) is 2. The van der Waals surface area contributed by atoms with Gasteiger partial charge < -0.3 is 71.0 Å². The molecule has 2 fully saturated rings. The number of aliphatic hydroxyl groups is 6. The van der Waals surface area contributed by atoms with Crippen molar-refractivity contribution in [3.63, 3.8) is 0 Å². The van der Waals surface area contributed by atoms with Gasteiger partial charge in [-0.2, -0.15) is 17.6 Å². The van der Waals surface area contributed by atoms with Crippen molar-refractivity contribution < 1.29 is 73.6 Å². The Balaban J connectivity index is 1.76. The number of aliphatic carboxylic acids is 1. The molecule has 12 N–H and O–H groups in total. The number of carboxylic acids is 1. The minimum Gasteiger partial charge on any atom is -0.479 e. The van der Waals surface area contributed by atoms with E-state index < -0.39 is 124 Å². The molecule has 1 aromatic rings. The van der Waals surface area contributed by atoms with Crippen LogP contribution < -0.4 is 22.1 Å². The number of thiol groups is 1. The van der Waals surface area contributed by atoms with Crippen molar-refractivity contribution in [3.8, 4) is 0 Å². The minimum atomic E-state index is -5.10. The van der Waals surface area contributed by atoms with E-state index in [0.717, 1.165) is 10.8 Å². The smallest absolute Gasteiger partial charge is 0.351 e. The van der Waals surface area contributed by atoms with Crippen LogP contribution in [0, 0.1) is 0 Å². The summed E-state index contributed by atoms with van der Waals surface area (Å²) in [5.41, 5.74) is 1.70. The highest BCUT2D eigenvalue weighted by atomic mass is 32.1. The van der Waals surface area contributed by atoms with Crippen molar-refractivity contribution in [1.82, 2.24) is 20.2 Å². The number of hydrogen-bond acceptors (Lipinski definition) is 17. The summed E-state index contributed by atoms with van der Waals surface area (Å²) in [6.45, 7) is -2.60. The summed E-state index contributed by atoms with van der Waals surface area (Å²) in [4.78, 5) is 63.3. The normalized spacial score (nSPS) is 31.4. The molecule has 2 aliphatic rings. The molecule has 3 heterocycles. The lowest BCUT2D eigenvalue weighted by molar-refractivity contribution is -0.224. The minimum absolute atomic E-state index is 0.0630. The van der Waals surface area contributed by atoms with Crippen LogP contribution in [0.3, 0.4) is 0 Å². The van der Waals surface area contributed by atoms with Gasteiger partial charge in [-0.3, -0.25) is 18.7 Å². The van der Waals surface area contributed by atoms with E-state index in [2.05, 4.69) is 28.2 Å². The number of carbonyl (C=O) groups is 3. The first-order valence-corrected chi connectivity index (χ1v) is 16.9. The van der Waals surface area contributed by atoms with Gasteiger partial charge in [0.05, 0.1) is 38.1 Å². The average molecular weight is 730 g/mol. The van der Waals surface area contributed by atoms with E-state index >= 15 is 0 Å². The van der Waals surface area contributed by atoms with Crippen molar-refractivity contribution >= 4 is 43.8 Å². The van der Waals surface area contributed by atoms with Crippen LogP contribution in [0.1, 0.15) is 25.5 Å². The Bertz CT molecular complexity index is 1410. The maximum Gasteiger partial charge on any atom is 0.351 e. The molecule has 48 heavy (non-hydrogen) atoms. The van der Waals surface area contributed by atoms with Crippen LogP contribution in [0.2, 0.25) is 0 Å². The molecule has 23 heteroatoms. The summed E-state index contributed by atoms with van der Waals surface area (Å²) < 4.78 is 30.0. The lowest BCUT2D eigenvalue weighted by Gasteiger charge is -2.47. The zero-order valence-electron chi connectivity index (χ0n) is 25.2. The maximum absolute atomic E-state index is 13.2. The fourth-order valence-electron chi connectivity index (χ4n) is 5.18. The lowest BCUT2D eigenvalue weighted by atomic mass is 9.84. The highest BCUT2D eigenvalue weighted by Crippen LogP contribution is 2.49. The molecule has 0 bridgehead atoms. The predicted octanol–water partition coefficient (Wildman–Crippen LogP) is -5.35. The number of aromatic nitrogens is 2. The molecule has 0 radical (unpaired) electrons. The zero-order valence-corrected chi connectivity index (χ0v) is 27.0. The number of carboxylic acid groups (broad SMARTS) is 1.